The molecule has 0 aromatic heterocycles. The Morgan fingerprint density at radius 2 is 2.09 bits per heavy atom. The first-order valence-electron chi connectivity index (χ1n) is 7.17. The third-order valence-corrected chi connectivity index (χ3v) is 3.40. The summed E-state index contributed by atoms with van der Waals surface area (Å²) in [6.07, 6.45) is 8.50. The van der Waals surface area contributed by atoms with Gasteiger partial charge in [0.25, 0.3) is 0 Å². The molecule has 0 unspecified atom stereocenters. The molecule has 1 aliphatic rings. The molecule has 0 saturated heterocycles. The van der Waals surface area contributed by atoms with Gasteiger partial charge in [0.2, 0.25) is 0 Å². The maximum Gasteiger partial charge on any atom is 0.163 e. The molecule has 0 saturated carbocycles. The van der Waals surface area contributed by atoms with Gasteiger partial charge in [0, 0.05) is 12.5 Å². The molecule has 0 spiro atoms. The van der Waals surface area contributed by atoms with Crippen molar-refractivity contribution in [3.63, 3.8) is 0 Å². The zero-order chi connectivity index (χ0) is 16.1. The van der Waals surface area contributed by atoms with Gasteiger partial charge in [-0.05, 0) is 43.2 Å². The topological polar surface area (TPSA) is 35.5 Å². The molecule has 0 N–H and O–H groups in total. The summed E-state index contributed by atoms with van der Waals surface area (Å²) in [6, 6.07) is 2.97. The number of hydrogen-bond acceptors (Lipinski definition) is 3. The lowest BCUT2D eigenvalue weighted by Crippen LogP contribution is -2.04. The highest BCUT2D eigenvalue weighted by Gasteiger charge is 2.15. The molecule has 0 atom stereocenters. The standard InChI is InChI=1S/C18H19FO3/c1-4-13-10-16(11-17(19)18(13)12(2)20)22-15-7-5-6-14(21-3)8-9-15/h5-6,8-11H,4,7H2,1-3H3. The van der Waals surface area contributed by atoms with E-state index >= 15 is 0 Å². The molecule has 0 heterocycles. The smallest absolute Gasteiger partial charge is 0.163 e. The van der Waals surface area contributed by atoms with Crippen LogP contribution in [0.25, 0.3) is 0 Å². The largest absolute Gasteiger partial charge is 0.497 e. The number of aryl methyl sites for hydroxylation is 1. The molecule has 1 aromatic rings. The first-order valence-corrected chi connectivity index (χ1v) is 7.17. The summed E-state index contributed by atoms with van der Waals surface area (Å²) in [6.45, 7) is 3.25. The lowest BCUT2D eigenvalue weighted by Gasteiger charge is -2.12. The molecular weight excluding hydrogens is 283 g/mol. The Hall–Kier alpha value is -2.36. The number of carbonyl (C=O) groups is 1. The SMILES string of the molecule is CCc1cc(OC2=CC=C(OC)C=CC2)cc(F)c1C(C)=O. The Bertz CT molecular complexity index is 669. The van der Waals surface area contributed by atoms with Gasteiger partial charge in [0.1, 0.15) is 23.1 Å². The summed E-state index contributed by atoms with van der Waals surface area (Å²) in [7, 11) is 1.60. The zero-order valence-electron chi connectivity index (χ0n) is 13.0. The van der Waals surface area contributed by atoms with Crippen molar-refractivity contribution < 1.29 is 18.7 Å². The summed E-state index contributed by atoms with van der Waals surface area (Å²) in [4.78, 5) is 11.5. The normalized spacial score (nSPS) is 14.0. The predicted molar refractivity (Wildman–Crippen MR) is 83.3 cm³/mol. The minimum absolute atomic E-state index is 0.145. The number of halogens is 1. The quantitative estimate of drug-likeness (QED) is 0.759. The van der Waals surface area contributed by atoms with Crippen LogP contribution >= 0.6 is 0 Å². The van der Waals surface area contributed by atoms with Crippen LogP contribution in [0.2, 0.25) is 0 Å². The number of benzene rings is 1. The Morgan fingerprint density at radius 1 is 1.32 bits per heavy atom. The van der Waals surface area contributed by atoms with E-state index in [9.17, 15) is 9.18 Å². The van der Waals surface area contributed by atoms with Gasteiger partial charge >= 0.3 is 0 Å². The molecule has 0 fully saturated rings. The number of carbonyl (C=O) groups excluding carboxylic acids is 1. The second kappa shape index (κ2) is 7.07. The molecule has 2 rings (SSSR count). The van der Waals surface area contributed by atoms with Gasteiger partial charge in [-0.1, -0.05) is 13.0 Å². The Kier molecular flexibility index (Phi) is 5.15. The third kappa shape index (κ3) is 3.64. The molecule has 22 heavy (non-hydrogen) atoms. The summed E-state index contributed by atoms with van der Waals surface area (Å²) in [5.74, 6) is 0.990. The fourth-order valence-electron chi connectivity index (χ4n) is 2.32. The van der Waals surface area contributed by atoms with E-state index in [0.717, 1.165) is 5.76 Å². The Morgan fingerprint density at radius 3 is 2.73 bits per heavy atom. The second-order valence-corrected chi connectivity index (χ2v) is 4.96. The number of rotatable bonds is 5. The van der Waals surface area contributed by atoms with E-state index in [4.69, 9.17) is 9.47 Å². The van der Waals surface area contributed by atoms with Gasteiger partial charge < -0.3 is 9.47 Å². The predicted octanol–water partition coefficient (Wildman–Crippen LogP) is 4.34. The number of Topliss-reactive ketones (excluding diaryl/α,β-unsaturated/α-hetero) is 1. The molecule has 0 bridgehead atoms. The van der Waals surface area contributed by atoms with Crippen LogP contribution in [0.4, 0.5) is 4.39 Å². The van der Waals surface area contributed by atoms with Gasteiger partial charge in [-0.15, -0.1) is 0 Å². The van der Waals surface area contributed by atoms with Crippen molar-refractivity contribution in [1.29, 1.82) is 0 Å². The van der Waals surface area contributed by atoms with Crippen LogP contribution < -0.4 is 4.74 Å². The highest BCUT2D eigenvalue weighted by atomic mass is 19.1. The van der Waals surface area contributed by atoms with E-state index in [1.165, 1.54) is 13.0 Å². The van der Waals surface area contributed by atoms with Crippen molar-refractivity contribution in [2.45, 2.75) is 26.7 Å². The van der Waals surface area contributed by atoms with Gasteiger partial charge in [0.05, 0.1) is 12.7 Å². The molecule has 3 nitrogen and oxygen atoms in total. The first-order chi connectivity index (χ1) is 10.5. The number of allylic oxidation sites excluding steroid dienone is 4. The average molecular weight is 302 g/mol. The van der Waals surface area contributed by atoms with Crippen LogP contribution in [-0.4, -0.2) is 12.9 Å². The molecule has 0 aliphatic heterocycles. The number of hydrogen-bond donors (Lipinski definition) is 0. The fraction of sp³-hybridized carbons (Fsp3) is 0.278. The molecule has 1 aliphatic carbocycles. The first kappa shape index (κ1) is 16.0. The van der Waals surface area contributed by atoms with Crippen LogP contribution in [0.15, 0.2) is 48.0 Å². The highest BCUT2D eigenvalue weighted by Crippen LogP contribution is 2.25. The molecule has 1 aromatic carbocycles. The Labute approximate surface area is 129 Å². The van der Waals surface area contributed by atoms with Crippen molar-refractivity contribution in [3.05, 3.63) is 64.9 Å². The second-order valence-electron chi connectivity index (χ2n) is 4.96. The fourth-order valence-corrected chi connectivity index (χ4v) is 2.32. The Balaban J connectivity index is 2.29. The monoisotopic (exact) mass is 302 g/mol. The maximum atomic E-state index is 14.1. The summed E-state index contributed by atoms with van der Waals surface area (Å²) in [5, 5.41) is 0. The lowest BCUT2D eigenvalue weighted by molar-refractivity contribution is 0.101. The molecule has 116 valence electrons. The number of ether oxygens (including phenoxy) is 2. The van der Waals surface area contributed by atoms with E-state index in [0.29, 0.717) is 29.9 Å². The van der Waals surface area contributed by atoms with Gasteiger partial charge in [-0.3, -0.25) is 4.79 Å². The minimum Gasteiger partial charge on any atom is -0.497 e. The van der Waals surface area contributed by atoms with Crippen LogP contribution in [-0.2, 0) is 11.2 Å². The van der Waals surface area contributed by atoms with Crippen molar-refractivity contribution in [1.82, 2.24) is 0 Å². The van der Waals surface area contributed by atoms with E-state index in [1.54, 1.807) is 25.3 Å². The van der Waals surface area contributed by atoms with E-state index in [2.05, 4.69) is 0 Å². The number of ketones is 1. The van der Waals surface area contributed by atoms with Crippen molar-refractivity contribution >= 4 is 5.78 Å². The van der Waals surface area contributed by atoms with E-state index in [1.807, 2.05) is 19.1 Å². The van der Waals surface area contributed by atoms with Crippen LogP contribution in [0, 0.1) is 5.82 Å². The van der Waals surface area contributed by atoms with Gasteiger partial charge in [-0.2, -0.15) is 0 Å². The van der Waals surface area contributed by atoms with Gasteiger partial charge in [0.15, 0.2) is 5.78 Å². The molecule has 0 amide bonds. The van der Waals surface area contributed by atoms with Crippen molar-refractivity contribution in [2.75, 3.05) is 7.11 Å². The van der Waals surface area contributed by atoms with Crippen molar-refractivity contribution in [2.24, 2.45) is 0 Å². The van der Waals surface area contributed by atoms with Crippen LogP contribution in [0.1, 0.15) is 36.2 Å². The van der Waals surface area contributed by atoms with Gasteiger partial charge in [-0.25, -0.2) is 4.39 Å². The average Bonchev–Trinajstić information content (AvgIpc) is 2.71. The highest BCUT2D eigenvalue weighted by molar-refractivity contribution is 5.96. The molecular formula is C18H19FO3. The van der Waals surface area contributed by atoms with E-state index in [-0.39, 0.29) is 11.3 Å². The summed E-state index contributed by atoms with van der Waals surface area (Å²) >= 11 is 0. The zero-order valence-corrected chi connectivity index (χ0v) is 13.0. The number of methoxy groups -OCH3 is 1. The summed E-state index contributed by atoms with van der Waals surface area (Å²) in [5.41, 5.74) is 0.798. The maximum absolute atomic E-state index is 14.1. The minimum atomic E-state index is -0.542. The summed E-state index contributed by atoms with van der Waals surface area (Å²) < 4.78 is 25.0. The molecule has 0 radical (unpaired) electrons. The molecule has 4 heteroatoms. The van der Waals surface area contributed by atoms with E-state index < -0.39 is 5.82 Å². The third-order valence-electron chi connectivity index (χ3n) is 3.40. The lowest BCUT2D eigenvalue weighted by atomic mass is 10.0. The van der Waals surface area contributed by atoms with Crippen LogP contribution in [0.5, 0.6) is 5.75 Å². The van der Waals surface area contributed by atoms with Crippen LogP contribution in [0.3, 0.4) is 0 Å². The van der Waals surface area contributed by atoms with Crippen molar-refractivity contribution in [3.8, 4) is 5.75 Å².